The summed E-state index contributed by atoms with van der Waals surface area (Å²) in [5.74, 6) is -1.85. The Morgan fingerprint density at radius 3 is 2.34 bits per heavy atom. The number of aliphatic hydroxyl groups is 2. The van der Waals surface area contributed by atoms with Gasteiger partial charge in [0.15, 0.2) is 0 Å². The highest BCUT2D eigenvalue weighted by atomic mass is 31.2. The number of carbonyl (C=O) groups is 3. The molecule has 13 heteroatoms. The third-order valence-corrected chi connectivity index (χ3v) is 6.77. The Labute approximate surface area is 200 Å². The van der Waals surface area contributed by atoms with Crippen LogP contribution in [0.15, 0.2) is 60.7 Å². The van der Waals surface area contributed by atoms with Gasteiger partial charge in [-0.05, 0) is 17.7 Å². The summed E-state index contributed by atoms with van der Waals surface area (Å²) >= 11 is 0. The number of nitrogens with one attached hydrogen (secondary N) is 1. The molecule has 2 aliphatic heterocycles. The second-order valence-electron chi connectivity index (χ2n) is 7.81. The number of benzene rings is 2. The summed E-state index contributed by atoms with van der Waals surface area (Å²) in [6.45, 7) is 0.179. The Morgan fingerprint density at radius 1 is 1.09 bits per heavy atom. The molecule has 2 aromatic rings. The Morgan fingerprint density at radius 2 is 1.71 bits per heavy atom. The zero-order valence-corrected chi connectivity index (χ0v) is 19.4. The maximum atomic E-state index is 13.4. The van der Waals surface area contributed by atoms with Gasteiger partial charge in [0, 0.05) is 6.92 Å². The average molecular weight is 506 g/mol. The quantitative estimate of drug-likeness (QED) is 0.352. The molecule has 0 radical (unpaired) electrons. The van der Waals surface area contributed by atoms with Gasteiger partial charge in [0.25, 0.3) is 11.6 Å². The van der Waals surface area contributed by atoms with Crippen LogP contribution >= 0.6 is 7.82 Å². The maximum Gasteiger partial charge on any atom is 0.530 e. The number of aliphatic hydroxyl groups excluding tert-OH is 2. The summed E-state index contributed by atoms with van der Waals surface area (Å²) in [7, 11) is -4.33. The van der Waals surface area contributed by atoms with Crippen molar-refractivity contribution in [2.75, 3.05) is 6.61 Å². The van der Waals surface area contributed by atoms with E-state index in [1.54, 1.807) is 48.5 Å². The smallest absolute Gasteiger partial charge is 0.404 e. The van der Waals surface area contributed by atoms with Crippen molar-refractivity contribution in [2.45, 2.75) is 37.6 Å². The second-order valence-corrected chi connectivity index (χ2v) is 9.40. The van der Waals surface area contributed by atoms with Gasteiger partial charge in [-0.3, -0.25) is 24.0 Å². The Kier molecular flexibility index (Phi) is 7.04. The Hall–Kier alpha value is -3.12. The molecule has 0 aromatic heterocycles. The van der Waals surface area contributed by atoms with Crippen molar-refractivity contribution < 1.29 is 47.5 Å². The minimum atomic E-state index is -4.33. The van der Waals surface area contributed by atoms with Crippen molar-refractivity contribution in [3.05, 3.63) is 66.2 Å². The maximum absolute atomic E-state index is 13.4. The first-order valence-electron chi connectivity index (χ1n) is 10.5. The molecule has 0 bridgehead atoms. The molecule has 0 saturated carbocycles. The van der Waals surface area contributed by atoms with Crippen LogP contribution in [0.3, 0.4) is 0 Å². The average Bonchev–Trinajstić information content (AvgIpc) is 3.24. The lowest BCUT2D eigenvalue weighted by molar-refractivity contribution is -0.181. The normalized spacial score (nSPS) is 27.6. The van der Waals surface area contributed by atoms with Gasteiger partial charge in [0.2, 0.25) is 5.91 Å². The molecule has 4 amide bonds. The summed E-state index contributed by atoms with van der Waals surface area (Å²) in [5, 5.41) is 23.0. The first-order chi connectivity index (χ1) is 16.7. The van der Waals surface area contributed by atoms with E-state index in [2.05, 4.69) is 0 Å². The van der Waals surface area contributed by atoms with Gasteiger partial charge in [-0.1, -0.05) is 48.5 Å². The van der Waals surface area contributed by atoms with Gasteiger partial charge in [0.1, 0.15) is 24.1 Å². The first-order valence-corrected chi connectivity index (χ1v) is 12.0. The van der Waals surface area contributed by atoms with Crippen LogP contribution in [0.25, 0.3) is 0 Å². The number of hydrogen-bond donors (Lipinski definition) is 3. The number of phosphoric ester groups is 1. The van der Waals surface area contributed by atoms with E-state index >= 15 is 0 Å². The molecule has 2 fully saturated rings. The van der Waals surface area contributed by atoms with Crippen molar-refractivity contribution in [2.24, 2.45) is 0 Å². The molecule has 2 saturated heterocycles. The summed E-state index contributed by atoms with van der Waals surface area (Å²) in [6, 6.07) is 15.8. The highest BCUT2D eigenvalue weighted by molar-refractivity contribution is 7.48. The van der Waals surface area contributed by atoms with Crippen LogP contribution in [0.5, 0.6) is 5.75 Å². The number of urea groups is 1. The third kappa shape index (κ3) is 4.85. The first kappa shape index (κ1) is 25.0. The van der Waals surface area contributed by atoms with E-state index in [0.29, 0.717) is 10.5 Å². The lowest BCUT2D eigenvalue weighted by Gasteiger charge is -2.31. The molecule has 4 rings (SSSR count). The monoisotopic (exact) mass is 506 g/mol. The van der Waals surface area contributed by atoms with Crippen molar-refractivity contribution in [3.63, 3.8) is 0 Å². The van der Waals surface area contributed by atoms with Crippen LogP contribution in [0.2, 0.25) is 0 Å². The van der Waals surface area contributed by atoms with Crippen LogP contribution in [0.1, 0.15) is 12.5 Å². The van der Waals surface area contributed by atoms with E-state index in [9.17, 15) is 29.2 Å². The second kappa shape index (κ2) is 9.86. The zero-order chi connectivity index (χ0) is 25.2. The standard InChI is InChI=1S/C22H23N2O10P/c1-14(25)24-21(29)23-20(28)22(24)19(27)18(26)17(33-22)13-32-35(30,34-16-10-6-3-7-11-16)31-12-15-8-4-2-5-9-15/h2-11,17-19,26-27H,12-13H2,1H3,(H,23,28,29)/t17-,18-,19-,22+,35?/m1/s1. The Balaban J connectivity index is 1.53. The molecule has 1 spiro atoms. The van der Waals surface area contributed by atoms with Gasteiger partial charge in [-0.25, -0.2) is 14.3 Å². The fraction of sp³-hybridized carbons (Fsp3) is 0.318. The lowest BCUT2D eigenvalue weighted by atomic mass is 10.0. The molecule has 186 valence electrons. The number of phosphoric acid groups is 1. The number of imide groups is 2. The van der Waals surface area contributed by atoms with Gasteiger partial charge in [0.05, 0.1) is 13.2 Å². The molecule has 2 heterocycles. The zero-order valence-electron chi connectivity index (χ0n) is 18.5. The highest BCUT2D eigenvalue weighted by Crippen LogP contribution is 2.51. The number of rotatable bonds is 8. The topological polar surface area (TPSA) is 161 Å². The van der Waals surface area contributed by atoms with Crippen molar-refractivity contribution in [1.29, 1.82) is 0 Å². The molecule has 3 N–H and O–H groups in total. The SMILES string of the molecule is CC(=O)N1C(=O)NC(=O)[C@]12O[C@H](COP(=O)(OCc1ccccc1)Oc1ccccc1)[C@@H](O)[C@H]2O. The van der Waals surface area contributed by atoms with Gasteiger partial charge in [-0.15, -0.1) is 0 Å². The summed E-state index contributed by atoms with van der Waals surface area (Å²) in [5.41, 5.74) is -1.82. The highest BCUT2D eigenvalue weighted by Gasteiger charge is 2.68. The Bertz CT molecular complexity index is 1150. The van der Waals surface area contributed by atoms with Crippen LogP contribution in [0, 0.1) is 0 Å². The van der Waals surface area contributed by atoms with Crippen LogP contribution in [-0.2, 0) is 34.5 Å². The summed E-state index contributed by atoms with van der Waals surface area (Å²) < 4.78 is 35.3. The minimum Gasteiger partial charge on any atom is -0.404 e. The van der Waals surface area contributed by atoms with E-state index in [-0.39, 0.29) is 12.4 Å². The molecule has 5 atom stereocenters. The van der Waals surface area contributed by atoms with Gasteiger partial charge in [-0.2, -0.15) is 0 Å². The molecule has 2 aromatic carbocycles. The fourth-order valence-corrected chi connectivity index (χ4v) is 4.97. The number of amides is 4. The van der Waals surface area contributed by atoms with E-state index in [1.165, 1.54) is 12.1 Å². The number of carbonyl (C=O) groups excluding carboxylic acids is 3. The molecular weight excluding hydrogens is 483 g/mol. The summed E-state index contributed by atoms with van der Waals surface area (Å²) in [4.78, 5) is 36.9. The van der Waals surface area contributed by atoms with Gasteiger partial charge < -0.3 is 19.5 Å². The van der Waals surface area contributed by atoms with E-state index < -0.39 is 56.3 Å². The largest absolute Gasteiger partial charge is 0.530 e. The molecule has 0 aliphatic carbocycles. The predicted octanol–water partition coefficient (Wildman–Crippen LogP) is 1.32. The fourth-order valence-electron chi connectivity index (χ4n) is 3.78. The van der Waals surface area contributed by atoms with E-state index in [0.717, 1.165) is 6.92 Å². The minimum absolute atomic E-state index is 0.138. The number of hydrogen-bond acceptors (Lipinski definition) is 10. The third-order valence-electron chi connectivity index (χ3n) is 5.42. The van der Waals surface area contributed by atoms with Crippen molar-refractivity contribution >= 4 is 25.7 Å². The molecule has 2 aliphatic rings. The van der Waals surface area contributed by atoms with Crippen molar-refractivity contribution in [1.82, 2.24) is 10.2 Å². The molecular formula is C22H23N2O10P. The summed E-state index contributed by atoms with van der Waals surface area (Å²) in [6.07, 6.45) is -5.25. The number of nitrogens with zero attached hydrogens (tertiary/aromatic N) is 1. The molecule has 1 unspecified atom stereocenters. The van der Waals surface area contributed by atoms with Crippen LogP contribution < -0.4 is 9.84 Å². The van der Waals surface area contributed by atoms with Gasteiger partial charge >= 0.3 is 13.9 Å². The number of para-hydroxylation sites is 1. The van der Waals surface area contributed by atoms with Crippen molar-refractivity contribution in [3.8, 4) is 5.75 Å². The van der Waals surface area contributed by atoms with E-state index in [4.69, 9.17) is 18.3 Å². The van der Waals surface area contributed by atoms with Crippen LogP contribution in [0.4, 0.5) is 4.79 Å². The lowest BCUT2D eigenvalue weighted by Crippen LogP contribution is -2.59. The van der Waals surface area contributed by atoms with E-state index in [1.807, 2.05) is 5.32 Å². The predicted molar refractivity (Wildman–Crippen MR) is 118 cm³/mol. The van der Waals surface area contributed by atoms with Crippen LogP contribution in [-0.4, -0.2) is 63.6 Å². The molecule has 12 nitrogen and oxygen atoms in total. The number of ether oxygens (including phenoxy) is 1. The molecule has 35 heavy (non-hydrogen) atoms.